The van der Waals surface area contributed by atoms with Crippen LogP contribution in [-0.2, 0) is 16.0 Å². The highest BCUT2D eigenvalue weighted by atomic mass is 35.5. The lowest BCUT2D eigenvalue weighted by Gasteiger charge is -2.37. The first-order valence-electron chi connectivity index (χ1n) is 8.66. The fraction of sp³-hybridized carbons (Fsp3) is 0.300. The standard InChI is InChI=1S/C20H22ClN3O2/c1-14(25)23-16-8-6-15(7-9-16)12-20(26)24-11-10-22-13-19(24)17-4-2-3-5-18(17)21/h2-9,19,22H,10-13H2,1H3,(H,23,25). The van der Waals surface area contributed by atoms with Crippen LogP contribution in [0.1, 0.15) is 24.1 Å². The van der Waals surface area contributed by atoms with Gasteiger partial charge in [0.05, 0.1) is 12.5 Å². The fourth-order valence-corrected chi connectivity index (χ4v) is 3.47. The van der Waals surface area contributed by atoms with Crippen molar-refractivity contribution in [2.75, 3.05) is 25.0 Å². The predicted octanol–water partition coefficient (Wildman–Crippen LogP) is 3.01. The average Bonchev–Trinajstić information content (AvgIpc) is 2.63. The van der Waals surface area contributed by atoms with E-state index in [1.54, 1.807) is 0 Å². The van der Waals surface area contributed by atoms with Gasteiger partial charge in [-0.1, -0.05) is 41.9 Å². The third-order valence-corrected chi connectivity index (χ3v) is 4.80. The number of anilines is 1. The summed E-state index contributed by atoms with van der Waals surface area (Å²) in [7, 11) is 0. The lowest BCUT2D eigenvalue weighted by molar-refractivity contribution is -0.133. The van der Waals surface area contributed by atoms with Crippen molar-refractivity contribution >= 4 is 29.1 Å². The van der Waals surface area contributed by atoms with Crippen molar-refractivity contribution < 1.29 is 9.59 Å². The lowest BCUT2D eigenvalue weighted by atomic mass is 10.0. The minimum atomic E-state index is -0.114. The molecule has 2 amide bonds. The number of carbonyl (C=O) groups is 2. The van der Waals surface area contributed by atoms with E-state index in [2.05, 4.69) is 10.6 Å². The van der Waals surface area contributed by atoms with Gasteiger partial charge in [0.2, 0.25) is 11.8 Å². The number of nitrogens with one attached hydrogen (secondary N) is 2. The Morgan fingerprint density at radius 1 is 1.19 bits per heavy atom. The number of halogens is 1. The number of amides is 2. The summed E-state index contributed by atoms with van der Waals surface area (Å²) in [5, 5.41) is 6.75. The maximum absolute atomic E-state index is 12.9. The first kappa shape index (κ1) is 18.4. The smallest absolute Gasteiger partial charge is 0.227 e. The minimum Gasteiger partial charge on any atom is -0.333 e. The van der Waals surface area contributed by atoms with E-state index in [1.807, 2.05) is 53.4 Å². The Labute approximate surface area is 158 Å². The van der Waals surface area contributed by atoms with Gasteiger partial charge in [0.1, 0.15) is 0 Å². The van der Waals surface area contributed by atoms with E-state index in [1.165, 1.54) is 6.92 Å². The molecular formula is C20H22ClN3O2. The van der Waals surface area contributed by atoms with Crippen molar-refractivity contribution in [2.45, 2.75) is 19.4 Å². The quantitative estimate of drug-likeness (QED) is 0.868. The highest BCUT2D eigenvalue weighted by molar-refractivity contribution is 6.31. The molecular weight excluding hydrogens is 350 g/mol. The Bertz CT molecular complexity index is 792. The molecule has 5 nitrogen and oxygen atoms in total. The molecule has 136 valence electrons. The van der Waals surface area contributed by atoms with Gasteiger partial charge in [0.25, 0.3) is 0 Å². The van der Waals surface area contributed by atoms with Crippen LogP contribution in [0.2, 0.25) is 5.02 Å². The number of carbonyl (C=O) groups excluding carboxylic acids is 2. The molecule has 1 unspecified atom stereocenters. The van der Waals surface area contributed by atoms with Gasteiger partial charge in [0, 0.05) is 37.3 Å². The van der Waals surface area contributed by atoms with Crippen LogP contribution < -0.4 is 10.6 Å². The zero-order valence-electron chi connectivity index (χ0n) is 14.7. The van der Waals surface area contributed by atoms with Gasteiger partial charge < -0.3 is 15.5 Å². The maximum atomic E-state index is 12.9. The van der Waals surface area contributed by atoms with E-state index in [-0.39, 0.29) is 17.9 Å². The van der Waals surface area contributed by atoms with E-state index in [9.17, 15) is 9.59 Å². The lowest BCUT2D eigenvalue weighted by Crippen LogP contribution is -2.49. The van der Waals surface area contributed by atoms with Crippen LogP contribution >= 0.6 is 11.6 Å². The minimum absolute atomic E-state index is 0.0661. The van der Waals surface area contributed by atoms with Gasteiger partial charge in [-0.2, -0.15) is 0 Å². The SMILES string of the molecule is CC(=O)Nc1ccc(CC(=O)N2CCNCC2c2ccccc2Cl)cc1. The second-order valence-electron chi connectivity index (χ2n) is 6.38. The number of piperazine rings is 1. The second-order valence-corrected chi connectivity index (χ2v) is 6.79. The Morgan fingerprint density at radius 2 is 1.92 bits per heavy atom. The Morgan fingerprint density at radius 3 is 2.62 bits per heavy atom. The van der Waals surface area contributed by atoms with E-state index in [4.69, 9.17) is 11.6 Å². The number of hydrogen-bond acceptors (Lipinski definition) is 3. The summed E-state index contributed by atoms with van der Waals surface area (Å²) < 4.78 is 0. The Hall–Kier alpha value is -2.37. The van der Waals surface area contributed by atoms with Crippen LogP contribution in [0.5, 0.6) is 0 Å². The van der Waals surface area contributed by atoms with Gasteiger partial charge in [0.15, 0.2) is 0 Å². The molecule has 1 aliphatic heterocycles. The number of rotatable bonds is 4. The zero-order chi connectivity index (χ0) is 18.5. The number of benzene rings is 2. The molecule has 0 aliphatic carbocycles. The molecule has 1 heterocycles. The molecule has 0 saturated carbocycles. The average molecular weight is 372 g/mol. The van der Waals surface area contributed by atoms with Gasteiger partial charge >= 0.3 is 0 Å². The molecule has 1 atom stereocenters. The van der Waals surface area contributed by atoms with Crippen molar-refractivity contribution in [3.05, 3.63) is 64.7 Å². The van der Waals surface area contributed by atoms with Gasteiger partial charge in [-0.25, -0.2) is 0 Å². The Balaban J connectivity index is 1.73. The summed E-state index contributed by atoms with van der Waals surface area (Å²) in [6.07, 6.45) is 0.321. The molecule has 2 aromatic carbocycles. The summed E-state index contributed by atoms with van der Waals surface area (Å²) in [6.45, 7) is 3.58. The molecule has 1 saturated heterocycles. The first-order chi connectivity index (χ1) is 12.5. The third kappa shape index (κ3) is 4.42. The largest absolute Gasteiger partial charge is 0.333 e. The molecule has 0 bridgehead atoms. The van der Waals surface area contributed by atoms with Gasteiger partial charge in [-0.05, 0) is 29.3 Å². The van der Waals surface area contributed by atoms with Crippen molar-refractivity contribution in [2.24, 2.45) is 0 Å². The summed E-state index contributed by atoms with van der Waals surface area (Å²) in [5.74, 6) is -0.0408. The molecule has 3 rings (SSSR count). The van der Waals surface area contributed by atoms with Gasteiger partial charge in [-0.3, -0.25) is 9.59 Å². The van der Waals surface area contributed by atoms with Crippen molar-refractivity contribution in [3.63, 3.8) is 0 Å². The van der Waals surface area contributed by atoms with Gasteiger partial charge in [-0.15, -0.1) is 0 Å². The van der Waals surface area contributed by atoms with Crippen molar-refractivity contribution in [1.29, 1.82) is 0 Å². The van der Waals surface area contributed by atoms with Crippen LogP contribution in [0.15, 0.2) is 48.5 Å². The number of hydrogen-bond donors (Lipinski definition) is 2. The molecule has 1 aliphatic rings. The molecule has 0 radical (unpaired) electrons. The monoisotopic (exact) mass is 371 g/mol. The molecule has 6 heteroatoms. The van der Waals surface area contributed by atoms with Crippen LogP contribution in [0, 0.1) is 0 Å². The maximum Gasteiger partial charge on any atom is 0.227 e. The molecule has 2 aromatic rings. The van der Waals surface area contributed by atoms with E-state index >= 15 is 0 Å². The van der Waals surface area contributed by atoms with Crippen LogP contribution in [-0.4, -0.2) is 36.3 Å². The fourth-order valence-electron chi connectivity index (χ4n) is 3.21. The molecule has 0 spiro atoms. The summed E-state index contributed by atoms with van der Waals surface area (Å²) in [5.41, 5.74) is 2.61. The summed E-state index contributed by atoms with van der Waals surface area (Å²) in [6, 6.07) is 15.0. The second kappa shape index (κ2) is 8.34. The van der Waals surface area contributed by atoms with Crippen molar-refractivity contribution in [3.8, 4) is 0 Å². The summed E-state index contributed by atoms with van der Waals surface area (Å²) >= 11 is 6.35. The van der Waals surface area contributed by atoms with E-state index in [0.29, 0.717) is 24.5 Å². The van der Waals surface area contributed by atoms with Crippen molar-refractivity contribution in [1.82, 2.24) is 10.2 Å². The molecule has 2 N–H and O–H groups in total. The normalized spacial score (nSPS) is 17.0. The summed E-state index contributed by atoms with van der Waals surface area (Å²) in [4.78, 5) is 25.9. The number of nitrogens with zero attached hydrogens (tertiary/aromatic N) is 1. The van der Waals surface area contributed by atoms with Crippen LogP contribution in [0.3, 0.4) is 0 Å². The molecule has 26 heavy (non-hydrogen) atoms. The highest BCUT2D eigenvalue weighted by Crippen LogP contribution is 2.29. The molecule has 0 aromatic heterocycles. The Kier molecular flexibility index (Phi) is 5.91. The topological polar surface area (TPSA) is 61.4 Å². The highest BCUT2D eigenvalue weighted by Gasteiger charge is 2.28. The first-order valence-corrected chi connectivity index (χ1v) is 9.03. The van der Waals surface area contributed by atoms with Crippen LogP contribution in [0.25, 0.3) is 0 Å². The predicted molar refractivity (Wildman–Crippen MR) is 103 cm³/mol. The van der Waals surface area contributed by atoms with E-state index in [0.717, 1.165) is 23.4 Å². The van der Waals surface area contributed by atoms with Crippen LogP contribution in [0.4, 0.5) is 5.69 Å². The molecule has 1 fully saturated rings. The zero-order valence-corrected chi connectivity index (χ0v) is 15.4. The van der Waals surface area contributed by atoms with E-state index < -0.39 is 0 Å². The third-order valence-electron chi connectivity index (χ3n) is 4.46.